The molecule has 3 N–H and O–H groups in total. The van der Waals surface area contributed by atoms with Crippen molar-refractivity contribution >= 4 is 29.7 Å². The zero-order valence-corrected chi connectivity index (χ0v) is 12.6. The predicted octanol–water partition coefficient (Wildman–Crippen LogP) is 1.54. The number of amides is 1. The number of halogens is 1. The first kappa shape index (κ1) is 17.4. The van der Waals surface area contributed by atoms with Crippen LogP contribution >= 0.6 is 23.7 Å². The van der Waals surface area contributed by atoms with Crippen LogP contribution in [0.5, 0.6) is 0 Å². The van der Waals surface area contributed by atoms with Crippen LogP contribution in [0.1, 0.15) is 18.7 Å². The number of hydrogen-bond acceptors (Lipinski definition) is 4. The van der Waals surface area contributed by atoms with Crippen molar-refractivity contribution in [3.05, 3.63) is 22.4 Å². The van der Waals surface area contributed by atoms with Gasteiger partial charge in [-0.05, 0) is 11.4 Å². The van der Waals surface area contributed by atoms with E-state index in [9.17, 15) is 4.79 Å². The summed E-state index contributed by atoms with van der Waals surface area (Å²) in [5.41, 5.74) is 5.36. The van der Waals surface area contributed by atoms with Gasteiger partial charge in [0.2, 0.25) is 5.91 Å². The summed E-state index contributed by atoms with van der Waals surface area (Å²) in [6, 6.07) is 4.09. The number of thiophene rings is 1. The number of carbonyl (C=O) groups excluding carboxylic acids is 1. The summed E-state index contributed by atoms with van der Waals surface area (Å²) in [6.07, 6.45) is -0.561. The summed E-state index contributed by atoms with van der Waals surface area (Å²) in [7, 11) is 1.49. The lowest BCUT2D eigenvalue weighted by molar-refractivity contribution is -0.130. The summed E-state index contributed by atoms with van der Waals surface area (Å²) in [4.78, 5) is 13.0. The Morgan fingerprint density at radius 3 is 2.72 bits per heavy atom. The van der Waals surface area contributed by atoms with E-state index in [1.165, 1.54) is 12.0 Å². The van der Waals surface area contributed by atoms with Gasteiger partial charge in [-0.3, -0.25) is 4.79 Å². The van der Waals surface area contributed by atoms with E-state index < -0.39 is 6.10 Å². The third-order valence-electron chi connectivity index (χ3n) is 2.68. The van der Waals surface area contributed by atoms with Crippen molar-refractivity contribution in [2.24, 2.45) is 5.73 Å². The van der Waals surface area contributed by atoms with Gasteiger partial charge in [0, 0.05) is 30.5 Å². The van der Waals surface area contributed by atoms with E-state index in [-0.39, 0.29) is 30.3 Å². The molecule has 0 fully saturated rings. The maximum atomic E-state index is 11.7. The highest BCUT2D eigenvalue weighted by Crippen LogP contribution is 2.26. The van der Waals surface area contributed by atoms with Gasteiger partial charge in [0.15, 0.2) is 0 Å². The lowest BCUT2D eigenvalue weighted by Crippen LogP contribution is -2.44. The van der Waals surface area contributed by atoms with E-state index in [2.05, 4.69) is 25.2 Å². The number of methoxy groups -OCH3 is 1. The Bertz CT molecular complexity index is 351. The van der Waals surface area contributed by atoms with Crippen LogP contribution in [0.15, 0.2) is 17.5 Å². The van der Waals surface area contributed by atoms with E-state index in [1.54, 1.807) is 11.3 Å². The molecule has 1 rings (SSSR count). The van der Waals surface area contributed by atoms with Gasteiger partial charge in [0.1, 0.15) is 6.10 Å². The maximum Gasteiger partial charge on any atom is 0.250 e. The van der Waals surface area contributed by atoms with Crippen molar-refractivity contribution < 1.29 is 9.53 Å². The van der Waals surface area contributed by atoms with Gasteiger partial charge in [0.05, 0.1) is 0 Å². The number of ether oxygens (including phenoxy) is 1. The zero-order chi connectivity index (χ0) is 12.9. The first-order chi connectivity index (χ1) is 8.01. The average Bonchev–Trinajstić information content (AvgIpc) is 2.82. The number of rotatable bonds is 6. The Labute approximate surface area is 118 Å². The van der Waals surface area contributed by atoms with Crippen LogP contribution in [0, 0.1) is 0 Å². The Morgan fingerprint density at radius 1 is 1.61 bits per heavy atom. The minimum atomic E-state index is -0.561. The zero-order valence-electron chi connectivity index (χ0n) is 10.9. The first-order valence-electron chi connectivity index (χ1n) is 5.56. The lowest BCUT2D eigenvalue weighted by atomic mass is 9.91. The molecule has 6 heteroatoms. The molecular formula is C12H21ClN2O2S. The quantitative estimate of drug-likeness (QED) is 0.836. The van der Waals surface area contributed by atoms with E-state index in [4.69, 9.17) is 10.5 Å². The second kappa shape index (κ2) is 7.74. The number of nitrogens with two attached hydrogens (primary N) is 1. The summed E-state index contributed by atoms with van der Waals surface area (Å²) in [5.74, 6) is -0.153. The highest BCUT2D eigenvalue weighted by molar-refractivity contribution is 7.10. The number of nitrogens with one attached hydrogen (secondary N) is 1. The number of carbonyl (C=O) groups is 1. The third-order valence-corrected chi connectivity index (χ3v) is 3.92. The van der Waals surface area contributed by atoms with E-state index in [0.29, 0.717) is 6.54 Å². The third kappa shape index (κ3) is 4.57. The van der Waals surface area contributed by atoms with Crippen LogP contribution in [0.4, 0.5) is 0 Å². The Kier molecular flexibility index (Phi) is 7.47. The molecule has 1 atom stereocenters. The average molecular weight is 293 g/mol. The largest absolute Gasteiger partial charge is 0.370 e. The van der Waals surface area contributed by atoms with Gasteiger partial charge in [-0.15, -0.1) is 23.7 Å². The van der Waals surface area contributed by atoms with E-state index >= 15 is 0 Å². The molecule has 1 unspecified atom stereocenters. The molecule has 1 amide bonds. The van der Waals surface area contributed by atoms with Gasteiger partial charge >= 0.3 is 0 Å². The summed E-state index contributed by atoms with van der Waals surface area (Å²) >= 11 is 1.69. The standard InChI is InChI=1S/C12H20N2O2S.ClH/c1-12(2,10-5-4-6-17-10)8-14-11(15)9(7-13)16-3;/h4-6,9H,7-8,13H2,1-3H3,(H,14,15);1H. The molecule has 0 radical (unpaired) electrons. The van der Waals surface area contributed by atoms with Crippen LogP contribution in [0.3, 0.4) is 0 Å². The van der Waals surface area contributed by atoms with Gasteiger partial charge in [-0.2, -0.15) is 0 Å². The molecule has 0 saturated carbocycles. The molecule has 4 nitrogen and oxygen atoms in total. The fourth-order valence-corrected chi connectivity index (χ4v) is 2.34. The van der Waals surface area contributed by atoms with E-state index in [0.717, 1.165) is 0 Å². The normalized spacial score (nSPS) is 12.7. The summed E-state index contributed by atoms with van der Waals surface area (Å²) in [6.45, 7) is 4.97. The fourth-order valence-electron chi connectivity index (χ4n) is 1.48. The van der Waals surface area contributed by atoms with Crippen LogP contribution in [0.25, 0.3) is 0 Å². The van der Waals surface area contributed by atoms with Crippen LogP contribution in [-0.2, 0) is 14.9 Å². The molecule has 0 saturated heterocycles. The Morgan fingerprint density at radius 2 is 2.28 bits per heavy atom. The van der Waals surface area contributed by atoms with Crippen molar-refractivity contribution in [1.29, 1.82) is 0 Å². The molecule has 1 aromatic heterocycles. The van der Waals surface area contributed by atoms with Crippen LogP contribution < -0.4 is 11.1 Å². The molecular weight excluding hydrogens is 272 g/mol. The van der Waals surface area contributed by atoms with Gasteiger partial charge in [0.25, 0.3) is 0 Å². The first-order valence-corrected chi connectivity index (χ1v) is 6.44. The fraction of sp³-hybridized carbons (Fsp3) is 0.583. The monoisotopic (exact) mass is 292 g/mol. The minimum absolute atomic E-state index is 0. The maximum absolute atomic E-state index is 11.7. The second-order valence-electron chi connectivity index (χ2n) is 4.54. The molecule has 0 aliphatic rings. The van der Waals surface area contributed by atoms with Crippen molar-refractivity contribution in [1.82, 2.24) is 5.32 Å². The van der Waals surface area contributed by atoms with Crippen molar-refractivity contribution in [3.8, 4) is 0 Å². The van der Waals surface area contributed by atoms with Gasteiger partial charge in [-0.1, -0.05) is 19.9 Å². The van der Waals surface area contributed by atoms with Gasteiger partial charge in [-0.25, -0.2) is 0 Å². The molecule has 18 heavy (non-hydrogen) atoms. The van der Waals surface area contributed by atoms with E-state index in [1.807, 2.05) is 11.4 Å². The van der Waals surface area contributed by atoms with Gasteiger partial charge < -0.3 is 15.8 Å². The van der Waals surface area contributed by atoms with Crippen LogP contribution in [0.2, 0.25) is 0 Å². The number of hydrogen-bond donors (Lipinski definition) is 2. The molecule has 0 aliphatic carbocycles. The second-order valence-corrected chi connectivity index (χ2v) is 5.49. The summed E-state index contributed by atoms with van der Waals surface area (Å²) < 4.78 is 4.98. The smallest absolute Gasteiger partial charge is 0.250 e. The lowest BCUT2D eigenvalue weighted by Gasteiger charge is -2.24. The SMILES string of the molecule is COC(CN)C(=O)NCC(C)(C)c1cccs1.Cl. The molecule has 1 aromatic rings. The molecule has 0 aliphatic heterocycles. The molecule has 104 valence electrons. The van der Waals surface area contributed by atoms with Crippen molar-refractivity contribution in [3.63, 3.8) is 0 Å². The Hall–Kier alpha value is -0.620. The minimum Gasteiger partial charge on any atom is -0.370 e. The highest BCUT2D eigenvalue weighted by atomic mass is 35.5. The molecule has 1 heterocycles. The molecule has 0 aromatic carbocycles. The molecule has 0 bridgehead atoms. The van der Waals surface area contributed by atoms with Crippen LogP contribution in [-0.4, -0.2) is 32.2 Å². The van der Waals surface area contributed by atoms with Crippen molar-refractivity contribution in [2.45, 2.75) is 25.4 Å². The van der Waals surface area contributed by atoms with Crippen molar-refractivity contribution in [2.75, 3.05) is 20.2 Å². The summed E-state index contributed by atoms with van der Waals surface area (Å²) in [5, 5.41) is 4.91. The highest BCUT2D eigenvalue weighted by Gasteiger charge is 2.24. The topological polar surface area (TPSA) is 64.3 Å². The Balaban J connectivity index is 0.00000289. The predicted molar refractivity (Wildman–Crippen MR) is 77.5 cm³/mol. The molecule has 0 spiro atoms.